The van der Waals surface area contributed by atoms with Crippen molar-refractivity contribution < 1.29 is 27.2 Å². The molecule has 0 saturated carbocycles. The Hall–Kier alpha value is -2.11. The second-order valence-corrected chi connectivity index (χ2v) is 9.15. The van der Waals surface area contributed by atoms with Gasteiger partial charge in [-0.05, 0) is 48.0 Å². The average Bonchev–Trinajstić information content (AvgIpc) is 3.35. The Morgan fingerprint density at radius 2 is 1.86 bits per heavy atom. The topological polar surface area (TPSA) is 102 Å². The summed E-state index contributed by atoms with van der Waals surface area (Å²) in [6.07, 6.45) is 1.84. The summed E-state index contributed by atoms with van der Waals surface area (Å²) >= 11 is 3.38. The molecule has 1 aliphatic heterocycles. The van der Waals surface area contributed by atoms with E-state index in [9.17, 15) is 18.0 Å². The van der Waals surface area contributed by atoms with Crippen LogP contribution in [-0.2, 0) is 21.3 Å². The molecule has 0 unspecified atom stereocenters. The maximum atomic E-state index is 12.8. The zero-order valence-electron chi connectivity index (χ0n) is 16.1. The van der Waals surface area contributed by atoms with E-state index in [1.165, 1.54) is 16.4 Å². The highest BCUT2D eigenvalue weighted by Gasteiger charge is 2.33. The largest absolute Gasteiger partial charge is 0.460 e. The van der Waals surface area contributed by atoms with E-state index in [0.717, 1.165) is 4.47 Å². The summed E-state index contributed by atoms with van der Waals surface area (Å²) in [7, 11) is -3.90. The van der Waals surface area contributed by atoms with E-state index in [2.05, 4.69) is 15.9 Å². The molecule has 0 aromatic carbocycles. The van der Waals surface area contributed by atoms with Gasteiger partial charge in [-0.15, -0.1) is 0 Å². The molecule has 2 aromatic rings. The lowest BCUT2D eigenvalue weighted by molar-refractivity contribution is 0.0483. The summed E-state index contributed by atoms with van der Waals surface area (Å²) in [4.78, 5) is 26.1. The highest BCUT2D eigenvalue weighted by molar-refractivity contribution is 9.10. The van der Waals surface area contributed by atoms with Crippen LogP contribution < -0.4 is 0 Å². The molecular weight excluding hydrogens is 466 g/mol. The summed E-state index contributed by atoms with van der Waals surface area (Å²) in [5, 5.41) is -0.316. The molecule has 0 bridgehead atoms. The number of aromatic nitrogens is 1. The van der Waals surface area contributed by atoms with Crippen molar-refractivity contribution in [2.75, 3.05) is 32.8 Å². The van der Waals surface area contributed by atoms with Gasteiger partial charge >= 0.3 is 5.97 Å². The lowest BCUT2D eigenvalue weighted by Gasteiger charge is -2.33. The highest BCUT2D eigenvalue weighted by Crippen LogP contribution is 2.22. The summed E-state index contributed by atoms with van der Waals surface area (Å²) < 4.78 is 39.5. The third kappa shape index (κ3) is 4.41. The van der Waals surface area contributed by atoms with Gasteiger partial charge in [0.05, 0.1) is 6.61 Å². The van der Waals surface area contributed by atoms with E-state index in [1.54, 1.807) is 17.9 Å². The maximum absolute atomic E-state index is 12.8. The molecule has 0 radical (unpaired) electrons. The fourth-order valence-corrected chi connectivity index (χ4v) is 4.90. The van der Waals surface area contributed by atoms with E-state index in [4.69, 9.17) is 9.15 Å². The summed E-state index contributed by atoms with van der Waals surface area (Å²) in [5.74, 6) is -1.02. The van der Waals surface area contributed by atoms with Gasteiger partial charge in [-0.1, -0.05) is 0 Å². The van der Waals surface area contributed by atoms with Crippen LogP contribution in [0.25, 0.3) is 0 Å². The second kappa shape index (κ2) is 8.72. The molecule has 3 heterocycles. The summed E-state index contributed by atoms with van der Waals surface area (Å²) in [6.45, 7) is 5.20. The lowest BCUT2D eigenvalue weighted by Crippen LogP contribution is -2.50. The monoisotopic (exact) mass is 487 g/mol. The number of ether oxygens (including phenoxy) is 1. The van der Waals surface area contributed by atoms with Crippen LogP contribution in [0.1, 0.15) is 34.9 Å². The minimum atomic E-state index is -3.90. The number of rotatable bonds is 6. The number of hydrogen-bond donors (Lipinski definition) is 0. The van der Waals surface area contributed by atoms with E-state index < -0.39 is 16.0 Å². The standard InChI is InChI=1S/C18H22BrN3O6S/c1-3-20-12-13(19)11-14(20)17(23)21-7-9-22(10-8-21)29(25,26)16-6-5-15(28-16)18(24)27-4-2/h5-6,11-12H,3-4,7-10H2,1-2H3. The average molecular weight is 488 g/mol. The van der Waals surface area contributed by atoms with Crippen LogP contribution in [0.15, 0.2) is 38.4 Å². The molecule has 158 valence electrons. The van der Waals surface area contributed by atoms with Gasteiger partial charge in [0.25, 0.3) is 15.9 Å². The molecule has 0 aliphatic carbocycles. The number of hydrogen-bond acceptors (Lipinski definition) is 6. The normalized spacial score (nSPS) is 15.5. The molecule has 1 aliphatic rings. The van der Waals surface area contributed by atoms with Crippen molar-refractivity contribution in [3.05, 3.63) is 40.3 Å². The molecule has 29 heavy (non-hydrogen) atoms. The van der Waals surface area contributed by atoms with Gasteiger partial charge in [0.1, 0.15) is 5.69 Å². The van der Waals surface area contributed by atoms with Crippen LogP contribution in [0.4, 0.5) is 0 Å². The number of furan rings is 1. The molecule has 0 spiro atoms. The Morgan fingerprint density at radius 3 is 2.48 bits per heavy atom. The van der Waals surface area contributed by atoms with Gasteiger partial charge in [0, 0.05) is 43.4 Å². The Bertz CT molecular complexity index is 1000. The van der Waals surface area contributed by atoms with Crippen LogP contribution in [0.2, 0.25) is 0 Å². The predicted molar refractivity (Wildman–Crippen MR) is 107 cm³/mol. The molecule has 9 nitrogen and oxygen atoms in total. The molecular formula is C18H22BrN3O6S. The number of nitrogens with zero attached hydrogens (tertiary/aromatic N) is 3. The van der Waals surface area contributed by atoms with E-state index in [1.807, 2.05) is 17.7 Å². The van der Waals surface area contributed by atoms with Crippen LogP contribution in [0.5, 0.6) is 0 Å². The van der Waals surface area contributed by atoms with E-state index >= 15 is 0 Å². The first-order valence-corrected chi connectivity index (χ1v) is 11.4. The fourth-order valence-electron chi connectivity index (χ4n) is 3.11. The maximum Gasteiger partial charge on any atom is 0.374 e. The van der Waals surface area contributed by atoms with Crippen LogP contribution in [-0.4, -0.2) is 66.9 Å². The van der Waals surface area contributed by atoms with Gasteiger partial charge in [0.15, 0.2) is 0 Å². The molecule has 1 amide bonds. The smallest absolute Gasteiger partial charge is 0.374 e. The van der Waals surface area contributed by atoms with Crippen molar-refractivity contribution in [3.63, 3.8) is 0 Å². The van der Waals surface area contributed by atoms with Gasteiger partial charge < -0.3 is 18.6 Å². The van der Waals surface area contributed by atoms with Crippen LogP contribution in [0.3, 0.4) is 0 Å². The van der Waals surface area contributed by atoms with E-state index in [-0.39, 0.29) is 49.5 Å². The number of esters is 1. The molecule has 1 saturated heterocycles. The van der Waals surface area contributed by atoms with Crippen molar-refractivity contribution in [3.8, 4) is 0 Å². The Labute approximate surface area is 177 Å². The highest BCUT2D eigenvalue weighted by atomic mass is 79.9. The summed E-state index contributed by atoms with van der Waals surface area (Å²) in [5.41, 5.74) is 0.556. The Balaban J connectivity index is 1.68. The second-order valence-electron chi connectivity index (χ2n) is 6.37. The predicted octanol–water partition coefficient (Wildman–Crippen LogP) is 2.19. The zero-order valence-corrected chi connectivity index (χ0v) is 18.5. The number of halogens is 1. The lowest BCUT2D eigenvalue weighted by atomic mass is 10.3. The van der Waals surface area contributed by atoms with Crippen LogP contribution in [0, 0.1) is 0 Å². The molecule has 0 N–H and O–H groups in total. The molecule has 2 aromatic heterocycles. The van der Waals surface area contributed by atoms with Gasteiger partial charge in [0.2, 0.25) is 10.9 Å². The fraction of sp³-hybridized carbons (Fsp3) is 0.444. The zero-order chi connectivity index (χ0) is 21.2. The van der Waals surface area contributed by atoms with Gasteiger partial charge in [-0.25, -0.2) is 13.2 Å². The first-order valence-electron chi connectivity index (χ1n) is 9.20. The van der Waals surface area contributed by atoms with Crippen molar-refractivity contribution in [1.29, 1.82) is 0 Å². The van der Waals surface area contributed by atoms with Gasteiger partial charge in [-0.3, -0.25) is 4.79 Å². The number of piperazine rings is 1. The Kier molecular flexibility index (Phi) is 6.49. The first-order chi connectivity index (χ1) is 13.8. The SMILES string of the molecule is CCOC(=O)c1ccc(S(=O)(=O)N2CCN(C(=O)c3cc(Br)cn3CC)CC2)o1. The van der Waals surface area contributed by atoms with Crippen molar-refractivity contribution in [1.82, 2.24) is 13.8 Å². The minimum absolute atomic E-state index is 0.136. The van der Waals surface area contributed by atoms with Crippen LogP contribution >= 0.6 is 15.9 Å². The number of sulfonamides is 1. The number of aryl methyl sites for hydroxylation is 1. The molecule has 1 fully saturated rings. The quantitative estimate of drug-likeness (QED) is 0.578. The third-order valence-corrected chi connectivity index (χ3v) is 6.81. The Morgan fingerprint density at radius 1 is 1.17 bits per heavy atom. The van der Waals surface area contributed by atoms with E-state index in [0.29, 0.717) is 12.2 Å². The molecule has 11 heteroatoms. The van der Waals surface area contributed by atoms with Crippen molar-refractivity contribution in [2.24, 2.45) is 0 Å². The van der Waals surface area contributed by atoms with Gasteiger partial charge in [-0.2, -0.15) is 4.31 Å². The first kappa shape index (κ1) is 21.6. The number of amides is 1. The summed E-state index contributed by atoms with van der Waals surface area (Å²) in [6, 6.07) is 4.28. The van der Waals surface area contributed by atoms with Crippen molar-refractivity contribution >= 4 is 37.8 Å². The minimum Gasteiger partial charge on any atom is -0.460 e. The molecule has 0 atom stereocenters. The molecule has 3 rings (SSSR count). The number of carbonyl (C=O) groups excluding carboxylic acids is 2. The third-order valence-electron chi connectivity index (χ3n) is 4.60. The number of carbonyl (C=O) groups is 2. The van der Waals surface area contributed by atoms with Crippen molar-refractivity contribution in [2.45, 2.75) is 25.5 Å².